The average molecular weight is 615 g/mol. The lowest BCUT2D eigenvalue weighted by atomic mass is 9.97. The van der Waals surface area contributed by atoms with Crippen molar-refractivity contribution in [2.24, 2.45) is 0 Å². The summed E-state index contributed by atoms with van der Waals surface area (Å²) in [5.74, 6) is 0. The predicted octanol–water partition coefficient (Wildman–Crippen LogP) is -0.550. The third-order valence-corrected chi connectivity index (χ3v) is 7.59. The molecule has 13 atom stereocenters. The highest BCUT2D eigenvalue weighted by atomic mass is 16.8. The van der Waals surface area contributed by atoms with E-state index in [1.54, 1.807) is 21.3 Å². The Morgan fingerprint density at radius 1 is 0.595 bits per heavy atom. The first-order valence-corrected chi connectivity index (χ1v) is 13.6. The molecule has 2 heterocycles. The molecule has 2 fully saturated rings. The fourth-order valence-electron chi connectivity index (χ4n) is 5.49. The van der Waals surface area contributed by atoms with Gasteiger partial charge in [0.1, 0.15) is 67.1 Å². The van der Waals surface area contributed by atoms with E-state index in [9.17, 15) is 4.79 Å². The molecule has 0 aromatic heterocycles. The molecular formula is C27H50O15. The second-order valence-electron chi connectivity index (χ2n) is 9.74. The van der Waals surface area contributed by atoms with Gasteiger partial charge in [-0.3, -0.25) is 0 Å². The van der Waals surface area contributed by atoms with E-state index < -0.39 is 79.7 Å². The molecule has 0 aromatic carbocycles. The minimum Gasteiger partial charge on any atom is -0.382 e. The molecule has 42 heavy (non-hydrogen) atoms. The number of carbonyl (C=O) groups is 1. The third kappa shape index (κ3) is 8.85. The first-order valence-electron chi connectivity index (χ1n) is 13.6. The van der Waals surface area contributed by atoms with Crippen molar-refractivity contribution in [2.75, 3.05) is 90.9 Å². The molecular weight excluding hydrogens is 564 g/mol. The molecule has 0 saturated carbocycles. The third-order valence-electron chi connectivity index (χ3n) is 7.59. The summed E-state index contributed by atoms with van der Waals surface area (Å²) in [6, 6.07) is 0. The number of hydrogen-bond donors (Lipinski definition) is 0. The van der Waals surface area contributed by atoms with E-state index >= 15 is 0 Å². The monoisotopic (exact) mass is 614 g/mol. The summed E-state index contributed by atoms with van der Waals surface area (Å²) in [5, 5.41) is 0. The fraction of sp³-hybridized carbons (Fsp3) is 0.963. The van der Waals surface area contributed by atoms with Gasteiger partial charge in [-0.2, -0.15) is 0 Å². The van der Waals surface area contributed by atoms with Crippen LogP contribution in [0.1, 0.15) is 0 Å². The molecule has 2 aliphatic rings. The molecule has 2 aliphatic heterocycles. The van der Waals surface area contributed by atoms with Gasteiger partial charge in [-0.1, -0.05) is 0 Å². The molecule has 0 aromatic rings. The van der Waals surface area contributed by atoms with E-state index in [0.717, 1.165) is 0 Å². The van der Waals surface area contributed by atoms with Crippen molar-refractivity contribution in [3.8, 4) is 0 Å². The van der Waals surface area contributed by atoms with Crippen LogP contribution in [0, 0.1) is 0 Å². The summed E-state index contributed by atoms with van der Waals surface area (Å²) in [6.45, 7) is 0.349. The molecule has 248 valence electrons. The number of carbonyl (C=O) groups excluding carboxylic acids is 1. The summed E-state index contributed by atoms with van der Waals surface area (Å²) in [7, 11) is 15.2. The van der Waals surface area contributed by atoms with Crippen LogP contribution < -0.4 is 0 Å². The van der Waals surface area contributed by atoms with E-state index in [4.69, 9.17) is 66.3 Å². The van der Waals surface area contributed by atoms with Gasteiger partial charge in [-0.25, -0.2) is 0 Å². The minimum absolute atomic E-state index is 0.0230. The Labute approximate surface area is 248 Å². The molecule has 15 heteroatoms. The van der Waals surface area contributed by atoms with E-state index in [1.807, 2.05) is 0 Å². The van der Waals surface area contributed by atoms with Crippen LogP contribution in [-0.4, -0.2) is 177 Å². The van der Waals surface area contributed by atoms with Gasteiger partial charge in [0.25, 0.3) is 0 Å². The second-order valence-corrected chi connectivity index (χ2v) is 9.74. The highest BCUT2D eigenvalue weighted by molar-refractivity contribution is 5.57. The quantitative estimate of drug-likeness (QED) is 0.162. The van der Waals surface area contributed by atoms with E-state index in [1.165, 1.54) is 49.8 Å². The van der Waals surface area contributed by atoms with Gasteiger partial charge in [-0.15, -0.1) is 0 Å². The van der Waals surface area contributed by atoms with Gasteiger partial charge >= 0.3 is 0 Å². The maximum absolute atomic E-state index is 11.9. The van der Waals surface area contributed by atoms with Crippen LogP contribution in [0.15, 0.2) is 0 Å². The van der Waals surface area contributed by atoms with Gasteiger partial charge in [0.2, 0.25) is 0 Å². The number of methoxy groups -OCH3 is 10. The van der Waals surface area contributed by atoms with Gasteiger partial charge in [0, 0.05) is 71.1 Å². The highest BCUT2D eigenvalue weighted by Crippen LogP contribution is 2.32. The van der Waals surface area contributed by atoms with Crippen LogP contribution in [0.2, 0.25) is 0 Å². The summed E-state index contributed by atoms with van der Waals surface area (Å²) < 4.78 is 81.1. The van der Waals surface area contributed by atoms with Crippen LogP contribution in [-0.2, 0) is 71.1 Å². The maximum atomic E-state index is 11.9. The van der Waals surface area contributed by atoms with Crippen LogP contribution in [0.3, 0.4) is 0 Å². The Hall–Kier alpha value is -0.890. The van der Waals surface area contributed by atoms with Crippen molar-refractivity contribution in [1.29, 1.82) is 0 Å². The molecule has 15 nitrogen and oxygen atoms in total. The van der Waals surface area contributed by atoms with Gasteiger partial charge in [0.15, 0.2) is 18.9 Å². The molecule has 2 saturated heterocycles. The Morgan fingerprint density at radius 2 is 1.10 bits per heavy atom. The number of rotatable bonds is 20. The normalized spacial score (nSPS) is 36.0. The van der Waals surface area contributed by atoms with Crippen molar-refractivity contribution < 1.29 is 71.1 Å². The molecule has 8 unspecified atom stereocenters. The van der Waals surface area contributed by atoms with Crippen LogP contribution in [0.5, 0.6) is 0 Å². The molecule has 0 aliphatic carbocycles. The van der Waals surface area contributed by atoms with Crippen molar-refractivity contribution >= 4 is 6.29 Å². The molecule has 0 radical (unpaired) electrons. The topological polar surface area (TPSA) is 146 Å². The molecule has 0 N–H and O–H groups in total. The summed E-state index contributed by atoms with van der Waals surface area (Å²) in [4.78, 5) is 11.9. The largest absolute Gasteiger partial charge is 0.382 e. The van der Waals surface area contributed by atoms with E-state index in [2.05, 4.69) is 0 Å². The van der Waals surface area contributed by atoms with E-state index in [0.29, 0.717) is 6.29 Å². The molecule has 0 spiro atoms. The zero-order valence-corrected chi connectivity index (χ0v) is 26.3. The first kappa shape index (κ1) is 37.3. The molecule has 0 bridgehead atoms. The smallest absolute Gasteiger partial charge is 0.187 e. The average Bonchev–Trinajstić information content (AvgIpc) is 3.01. The number of hydrogen-bond acceptors (Lipinski definition) is 15. The van der Waals surface area contributed by atoms with Crippen molar-refractivity contribution in [1.82, 2.24) is 0 Å². The van der Waals surface area contributed by atoms with Crippen LogP contribution >= 0.6 is 0 Å². The second kappa shape index (κ2) is 19.5. The predicted molar refractivity (Wildman–Crippen MR) is 144 cm³/mol. The highest BCUT2D eigenvalue weighted by Gasteiger charge is 2.52. The zero-order chi connectivity index (χ0) is 31.2. The zero-order valence-electron chi connectivity index (χ0n) is 26.3. The summed E-state index contributed by atoms with van der Waals surface area (Å²) in [6.07, 6.45) is -8.73. The Morgan fingerprint density at radius 3 is 1.52 bits per heavy atom. The van der Waals surface area contributed by atoms with E-state index in [-0.39, 0.29) is 19.8 Å². The van der Waals surface area contributed by atoms with Gasteiger partial charge < -0.3 is 71.1 Å². The Bertz CT molecular complexity index is 732. The fourth-order valence-corrected chi connectivity index (χ4v) is 5.49. The van der Waals surface area contributed by atoms with Gasteiger partial charge in [-0.05, 0) is 0 Å². The standard InChI is InChI=1S/C27H50O15/c1-29-12-16(32-4)19(15(11-28)31-3)42-27-25(38-10)23(36-8)21(34-6)18(41-27)14-39-26-24(37-9)22(35-7)20(33-5)17(40-26)13-30-2/h11,15-27H,12-14H2,1-10H3/t15?,16?,17?,18-,19?,20?,21+,22?,23+,24?,25-,26?,27+/m1/s1. The Balaban J connectivity index is 2.34. The lowest BCUT2D eigenvalue weighted by molar-refractivity contribution is -0.350. The first-order chi connectivity index (χ1) is 20.4. The minimum atomic E-state index is -1.05. The van der Waals surface area contributed by atoms with Gasteiger partial charge in [0.05, 0.1) is 19.8 Å². The van der Waals surface area contributed by atoms with Crippen molar-refractivity contribution in [3.05, 3.63) is 0 Å². The van der Waals surface area contributed by atoms with Crippen LogP contribution in [0.25, 0.3) is 0 Å². The molecule has 2 rings (SSSR count). The van der Waals surface area contributed by atoms with Crippen molar-refractivity contribution in [2.45, 2.75) is 79.7 Å². The Kier molecular flexibility index (Phi) is 17.3. The molecule has 0 amide bonds. The lowest BCUT2D eigenvalue weighted by Gasteiger charge is -2.47. The number of aldehydes is 1. The number of ether oxygens (including phenoxy) is 14. The summed E-state index contributed by atoms with van der Waals surface area (Å²) >= 11 is 0. The maximum Gasteiger partial charge on any atom is 0.187 e. The lowest BCUT2D eigenvalue weighted by Crippen LogP contribution is -2.64. The van der Waals surface area contributed by atoms with Crippen molar-refractivity contribution in [3.63, 3.8) is 0 Å². The SMILES string of the molecule is COCC(OC)C(O[C@@H]1O[C@H](COC2OC(COC)C(OC)C(OC)C2OC)[C@H](OC)[C@H](OC)[C@H]1OC)C(C=O)OC. The van der Waals surface area contributed by atoms with Crippen LogP contribution in [0.4, 0.5) is 0 Å². The summed E-state index contributed by atoms with van der Waals surface area (Å²) in [5.41, 5.74) is 0.